The Balaban J connectivity index is 3.40. The van der Waals surface area contributed by atoms with E-state index >= 15 is 0 Å². The van der Waals surface area contributed by atoms with Crippen LogP contribution in [0.5, 0.6) is 5.75 Å². The van der Waals surface area contributed by atoms with Gasteiger partial charge in [-0.1, -0.05) is 0 Å². The van der Waals surface area contributed by atoms with E-state index in [9.17, 15) is 4.39 Å². The van der Waals surface area contributed by atoms with Crippen LogP contribution in [-0.2, 0) is 0 Å². The summed E-state index contributed by atoms with van der Waals surface area (Å²) in [7, 11) is 0. The minimum Gasteiger partial charge on any atom is -0.504 e. The van der Waals surface area contributed by atoms with Crippen LogP contribution in [0.2, 0.25) is 0 Å². The Morgan fingerprint density at radius 2 is 2.18 bits per heavy atom. The molecule has 0 aliphatic heterocycles. The number of aromatic hydroxyl groups is 1. The molecular weight excluding hydrogens is 213 g/mol. The molecule has 0 saturated heterocycles. The number of nitriles is 1. The lowest BCUT2D eigenvalue weighted by molar-refractivity contribution is 0.429. The second-order valence-corrected chi connectivity index (χ2v) is 2.72. The van der Waals surface area contributed by atoms with Crippen LogP contribution in [-0.4, -0.2) is 5.11 Å². The smallest absolute Gasteiger partial charge is 0.180 e. The van der Waals surface area contributed by atoms with Gasteiger partial charge in [-0.2, -0.15) is 5.26 Å². The quantitative estimate of drug-likeness (QED) is 0.722. The zero-order valence-corrected chi connectivity index (χ0v) is 6.89. The summed E-state index contributed by atoms with van der Waals surface area (Å²) in [6, 6.07) is 4.36. The van der Waals surface area contributed by atoms with Crippen molar-refractivity contribution >= 4 is 15.9 Å². The van der Waals surface area contributed by atoms with Crippen LogP contribution < -0.4 is 0 Å². The number of halogens is 2. The van der Waals surface area contributed by atoms with Gasteiger partial charge in [-0.3, -0.25) is 0 Å². The number of nitrogens with zero attached hydrogens (tertiary/aromatic N) is 1. The van der Waals surface area contributed by atoms with Gasteiger partial charge in [0.25, 0.3) is 0 Å². The number of hydrogen-bond donors (Lipinski definition) is 1. The third-order valence-corrected chi connectivity index (χ3v) is 1.80. The van der Waals surface area contributed by atoms with Gasteiger partial charge in [0.1, 0.15) is 6.07 Å². The summed E-state index contributed by atoms with van der Waals surface area (Å²) in [5.41, 5.74) is -0.0642. The van der Waals surface area contributed by atoms with Crippen LogP contribution in [0.3, 0.4) is 0 Å². The van der Waals surface area contributed by atoms with E-state index in [1.807, 2.05) is 0 Å². The summed E-state index contributed by atoms with van der Waals surface area (Å²) in [4.78, 5) is 0. The van der Waals surface area contributed by atoms with Crippen molar-refractivity contribution in [2.75, 3.05) is 0 Å². The molecule has 0 aromatic heterocycles. The average Bonchev–Trinajstić information content (AvgIpc) is 2.01. The van der Waals surface area contributed by atoms with Gasteiger partial charge in [0.2, 0.25) is 0 Å². The van der Waals surface area contributed by atoms with Gasteiger partial charge in [-0.25, -0.2) is 4.39 Å². The van der Waals surface area contributed by atoms with Crippen molar-refractivity contribution in [1.82, 2.24) is 0 Å². The molecule has 1 N–H and O–H groups in total. The molecule has 0 aliphatic carbocycles. The monoisotopic (exact) mass is 215 g/mol. The van der Waals surface area contributed by atoms with Gasteiger partial charge in [-0.15, -0.1) is 0 Å². The molecule has 0 fully saturated rings. The van der Waals surface area contributed by atoms with Crippen molar-refractivity contribution in [3.63, 3.8) is 0 Å². The first kappa shape index (κ1) is 8.02. The van der Waals surface area contributed by atoms with Gasteiger partial charge in [-0.05, 0) is 28.1 Å². The number of phenolic OH excluding ortho intramolecular Hbond substituents is 1. The maximum absolute atomic E-state index is 12.7. The normalized spacial score (nSPS) is 9.18. The van der Waals surface area contributed by atoms with Gasteiger partial charge >= 0.3 is 0 Å². The lowest BCUT2D eigenvalue weighted by Gasteiger charge is -1.98. The van der Waals surface area contributed by atoms with E-state index in [1.54, 1.807) is 6.07 Å². The summed E-state index contributed by atoms with van der Waals surface area (Å²) in [5, 5.41) is 17.3. The Morgan fingerprint density at radius 3 is 2.73 bits per heavy atom. The Labute approximate surface area is 71.0 Å². The van der Waals surface area contributed by atoms with E-state index < -0.39 is 11.6 Å². The van der Waals surface area contributed by atoms with Gasteiger partial charge in [0.15, 0.2) is 11.6 Å². The average molecular weight is 216 g/mol. The molecular formula is C7H3BrFNO. The Kier molecular flexibility index (Phi) is 2.11. The van der Waals surface area contributed by atoms with Crippen LogP contribution in [0.1, 0.15) is 5.56 Å². The first-order chi connectivity index (χ1) is 5.16. The van der Waals surface area contributed by atoms with Gasteiger partial charge in [0.05, 0.1) is 10.0 Å². The van der Waals surface area contributed by atoms with Crippen LogP contribution in [0.15, 0.2) is 16.6 Å². The Hall–Kier alpha value is -1.08. The standard InChI is InChI=1S/C7H3BrFNO/c8-5-2-1-4(3-10)7(11)6(5)9/h1-2,11H. The molecule has 0 heterocycles. The number of phenols is 1. The molecule has 4 heteroatoms. The van der Waals surface area contributed by atoms with Crippen LogP contribution in [0.4, 0.5) is 4.39 Å². The fourth-order valence-electron chi connectivity index (χ4n) is 0.630. The molecule has 0 radical (unpaired) electrons. The van der Waals surface area contributed by atoms with E-state index in [2.05, 4.69) is 15.9 Å². The first-order valence-corrected chi connectivity index (χ1v) is 3.53. The maximum atomic E-state index is 12.7. The highest BCUT2D eigenvalue weighted by atomic mass is 79.9. The van der Waals surface area contributed by atoms with Gasteiger partial charge < -0.3 is 5.11 Å². The minimum absolute atomic E-state index is 0.0642. The number of rotatable bonds is 0. The van der Waals surface area contributed by atoms with E-state index in [0.29, 0.717) is 0 Å². The minimum atomic E-state index is -0.802. The van der Waals surface area contributed by atoms with E-state index in [1.165, 1.54) is 12.1 Å². The summed E-state index contributed by atoms with van der Waals surface area (Å²) >= 11 is 2.86. The predicted molar refractivity (Wildman–Crippen MR) is 40.5 cm³/mol. The van der Waals surface area contributed by atoms with Crippen LogP contribution >= 0.6 is 15.9 Å². The predicted octanol–water partition coefficient (Wildman–Crippen LogP) is 2.17. The van der Waals surface area contributed by atoms with Gasteiger partial charge in [0, 0.05) is 0 Å². The maximum Gasteiger partial charge on any atom is 0.180 e. The largest absolute Gasteiger partial charge is 0.504 e. The second kappa shape index (κ2) is 2.89. The van der Waals surface area contributed by atoms with Crippen LogP contribution in [0, 0.1) is 17.1 Å². The van der Waals surface area contributed by atoms with E-state index in [-0.39, 0.29) is 10.0 Å². The molecule has 0 saturated carbocycles. The number of benzene rings is 1. The topological polar surface area (TPSA) is 44.0 Å². The molecule has 2 nitrogen and oxygen atoms in total. The summed E-state index contributed by atoms with van der Waals surface area (Å²) < 4.78 is 12.9. The highest BCUT2D eigenvalue weighted by Gasteiger charge is 2.09. The molecule has 0 unspecified atom stereocenters. The molecule has 1 aromatic rings. The lowest BCUT2D eigenvalue weighted by Crippen LogP contribution is -1.82. The number of hydrogen-bond acceptors (Lipinski definition) is 2. The highest BCUT2D eigenvalue weighted by Crippen LogP contribution is 2.26. The first-order valence-electron chi connectivity index (χ1n) is 2.74. The summed E-state index contributed by atoms with van der Waals surface area (Å²) in [5.74, 6) is -1.41. The zero-order chi connectivity index (χ0) is 8.43. The molecule has 0 spiro atoms. The van der Waals surface area contributed by atoms with Crippen molar-refractivity contribution in [1.29, 1.82) is 5.26 Å². The fourth-order valence-corrected chi connectivity index (χ4v) is 0.950. The van der Waals surface area contributed by atoms with Crippen molar-refractivity contribution in [2.24, 2.45) is 0 Å². The van der Waals surface area contributed by atoms with Crippen molar-refractivity contribution in [3.8, 4) is 11.8 Å². The molecule has 0 aliphatic rings. The third kappa shape index (κ3) is 1.33. The van der Waals surface area contributed by atoms with E-state index in [4.69, 9.17) is 10.4 Å². The molecule has 56 valence electrons. The Bertz CT molecular complexity index is 332. The zero-order valence-electron chi connectivity index (χ0n) is 5.31. The molecule has 0 amide bonds. The molecule has 0 bridgehead atoms. The second-order valence-electron chi connectivity index (χ2n) is 1.87. The van der Waals surface area contributed by atoms with Crippen molar-refractivity contribution in [3.05, 3.63) is 28.0 Å². The van der Waals surface area contributed by atoms with Crippen molar-refractivity contribution < 1.29 is 9.50 Å². The Morgan fingerprint density at radius 1 is 1.55 bits per heavy atom. The summed E-state index contributed by atoms with van der Waals surface area (Å²) in [6.07, 6.45) is 0. The molecule has 1 rings (SSSR count). The third-order valence-electron chi connectivity index (χ3n) is 1.19. The van der Waals surface area contributed by atoms with E-state index in [0.717, 1.165) is 0 Å². The highest BCUT2D eigenvalue weighted by molar-refractivity contribution is 9.10. The van der Waals surface area contributed by atoms with Crippen LogP contribution in [0.25, 0.3) is 0 Å². The SMILES string of the molecule is N#Cc1ccc(Br)c(F)c1O. The summed E-state index contributed by atoms with van der Waals surface area (Å²) in [6.45, 7) is 0. The molecule has 11 heavy (non-hydrogen) atoms. The fraction of sp³-hybridized carbons (Fsp3) is 0. The molecule has 1 aromatic carbocycles. The lowest BCUT2D eigenvalue weighted by atomic mass is 10.2. The van der Waals surface area contributed by atoms with Crippen molar-refractivity contribution in [2.45, 2.75) is 0 Å². The molecule has 0 atom stereocenters.